The van der Waals surface area contributed by atoms with Crippen molar-refractivity contribution in [2.24, 2.45) is 0 Å². The van der Waals surface area contributed by atoms with Gasteiger partial charge in [0.15, 0.2) is 5.69 Å². The third-order valence-electron chi connectivity index (χ3n) is 4.08. The maximum atomic E-state index is 12.5. The van der Waals surface area contributed by atoms with E-state index < -0.39 is 22.3 Å². The van der Waals surface area contributed by atoms with E-state index in [1.807, 2.05) is 0 Å². The fourth-order valence-corrected chi connectivity index (χ4v) is 2.68. The average Bonchev–Trinajstić information content (AvgIpc) is 2.98. The molecule has 1 aliphatic heterocycles. The molecule has 10 heteroatoms. The molecule has 0 atom stereocenters. The number of nitro benzene ring substituents is 1. The fourth-order valence-electron chi connectivity index (χ4n) is 2.68. The summed E-state index contributed by atoms with van der Waals surface area (Å²) in [6.45, 7) is 0.443. The van der Waals surface area contributed by atoms with Crippen LogP contribution in [0.2, 0.25) is 0 Å². The Kier molecular flexibility index (Phi) is 3.89. The van der Waals surface area contributed by atoms with Crippen LogP contribution in [0.15, 0.2) is 18.2 Å². The lowest BCUT2D eigenvalue weighted by atomic mass is 9.90. The van der Waals surface area contributed by atoms with E-state index in [-0.39, 0.29) is 42.8 Å². The number of aromatic nitrogens is 2. The molecule has 1 fully saturated rings. The summed E-state index contributed by atoms with van der Waals surface area (Å²) in [4.78, 5) is 34.4. The Hall–Kier alpha value is -3.01. The van der Waals surface area contributed by atoms with Gasteiger partial charge in [-0.1, -0.05) is 0 Å². The number of H-pyrrole nitrogens is 1. The van der Waals surface area contributed by atoms with Gasteiger partial charge in [-0.15, -0.1) is 0 Å². The lowest BCUT2D eigenvalue weighted by molar-refractivity contribution is -0.384. The molecule has 0 saturated carbocycles. The number of hydrogen-bond donors (Lipinski definition) is 3. The van der Waals surface area contributed by atoms with Gasteiger partial charge in [0.05, 0.1) is 10.4 Å². The molecule has 0 radical (unpaired) electrons. The van der Waals surface area contributed by atoms with Crippen molar-refractivity contribution < 1.29 is 24.4 Å². The molecule has 2 heterocycles. The first-order valence-electron chi connectivity index (χ1n) is 7.19. The molecule has 0 spiro atoms. The Bertz CT molecular complexity index is 824. The number of aromatic amines is 1. The summed E-state index contributed by atoms with van der Waals surface area (Å²) in [5.74, 6) is -1.85. The van der Waals surface area contributed by atoms with E-state index in [9.17, 15) is 24.8 Å². The number of nitrogens with zero attached hydrogens (tertiary/aromatic N) is 2. The number of amides is 1. The number of non-ortho nitro benzene ring substituents is 1. The van der Waals surface area contributed by atoms with Gasteiger partial charge in [0.1, 0.15) is 5.54 Å². The van der Waals surface area contributed by atoms with Crippen molar-refractivity contribution in [2.45, 2.75) is 18.4 Å². The third-order valence-corrected chi connectivity index (χ3v) is 4.08. The van der Waals surface area contributed by atoms with Gasteiger partial charge in [-0.3, -0.25) is 20.0 Å². The number of benzene rings is 1. The molecule has 1 amide bonds. The second-order valence-corrected chi connectivity index (χ2v) is 5.51. The minimum atomic E-state index is -1.43. The summed E-state index contributed by atoms with van der Waals surface area (Å²) >= 11 is 0. The SMILES string of the molecule is O=C(NC1(C(=O)O)CCOCC1)c1n[nH]c2ccc([N+](=O)[O-])cc12. The minimum absolute atomic E-state index is 0.0826. The Morgan fingerprint density at radius 1 is 1.38 bits per heavy atom. The van der Waals surface area contributed by atoms with Crippen LogP contribution in [0.5, 0.6) is 0 Å². The van der Waals surface area contributed by atoms with Gasteiger partial charge >= 0.3 is 5.97 Å². The normalized spacial score (nSPS) is 16.7. The van der Waals surface area contributed by atoms with Gasteiger partial charge in [0.2, 0.25) is 0 Å². The van der Waals surface area contributed by atoms with Crippen molar-refractivity contribution in [1.29, 1.82) is 0 Å². The molecular weight excluding hydrogens is 320 g/mol. The highest BCUT2D eigenvalue weighted by Gasteiger charge is 2.42. The smallest absolute Gasteiger partial charge is 0.329 e. The first kappa shape index (κ1) is 15.9. The topological polar surface area (TPSA) is 147 Å². The number of aliphatic carboxylic acids is 1. The van der Waals surface area contributed by atoms with Gasteiger partial charge in [0, 0.05) is 43.6 Å². The Labute approximate surface area is 134 Å². The summed E-state index contributed by atoms with van der Waals surface area (Å²) in [6, 6.07) is 3.96. The molecule has 1 saturated heterocycles. The van der Waals surface area contributed by atoms with Crippen LogP contribution in [-0.2, 0) is 9.53 Å². The quantitative estimate of drug-likeness (QED) is 0.554. The van der Waals surface area contributed by atoms with Crippen molar-refractivity contribution in [3.63, 3.8) is 0 Å². The molecule has 24 heavy (non-hydrogen) atoms. The number of nitro groups is 1. The lowest BCUT2D eigenvalue weighted by Gasteiger charge is -2.33. The Morgan fingerprint density at radius 2 is 2.08 bits per heavy atom. The van der Waals surface area contributed by atoms with Crippen molar-refractivity contribution in [3.05, 3.63) is 34.0 Å². The molecule has 0 aliphatic carbocycles. The van der Waals surface area contributed by atoms with Crippen LogP contribution in [-0.4, -0.2) is 50.9 Å². The summed E-state index contributed by atoms with van der Waals surface area (Å²) in [6.07, 6.45) is 0.271. The number of ether oxygens (including phenoxy) is 1. The number of rotatable bonds is 4. The summed E-state index contributed by atoms with van der Waals surface area (Å²) in [5, 5.41) is 29.6. The van der Waals surface area contributed by atoms with Crippen molar-refractivity contribution in [3.8, 4) is 0 Å². The highest BCUT2D eigenvalue weighted by atomic mass is 16.6. The molecule has 0 bridgehead atoms. The zero-order chi connectivity index (χ0) is 17.3. The van der Waals surface area contributed by atoms with Crippen LogP contribution in [0.4, 0.5) is 5.69 Å². The Morgan fingerprint density at radius 3 is 2.71 bits per heavy atom. The van der Waals surface area contributed by atoms with E-state index in [4.69, 9.17) is 4.74 Å². The van der Waals surface area contributed by atoms with E-state index in [2.05, 4.69) is 15.5 Å². The maximum Gasteiger partial charge on any atom is 0.329 e. The number of carbonyl (C=O) groups is 2. The van der Waals surface area contributed by atoms with Crippen molar-refractivity contribution in [2.75, 3.05) is 13.2 Å². The summed E-state index contributed by atoms with van der Waals surface area (Å²) in [5.41, 5.74) is -1.25. The van der Waals surface area contributed by atoms with Gasteiger partial charge < -0.3 is 15.2 Å². The molecule has 0 unspecified atom stereocenters. The second kappa shape index (κ2) is 5.89. The summed E-state index contributed by atoms with van der Waals surface area (Å²) in [7, 11) is 0. The summed E-state index contributed by atoms with van der Waals surface area (Å²) < 4.78 is 5.15. The first-order valence-corrected chi connectivity index (χ1v) is 7.19. The molecule has 1 aromatic carbocycles. The van der Waals surface area contributed by atoms with Crippen LogP contribution in [0, 0.1) is 10.1 Å². The molecular formula is C14H14N4O6. The number of carboxylic acid groups (broad SMARTS) is 1. The van der Waals surface area contributed by atoms with Crippen LogP contribution in [0.3, 0.4) is 0 Å². The van der Waals surface area contributed by atoms with Gasteiger partial charge in [-0.25, -0.2) is 4.79 Å². The monoisotopic (exact) mass is 334 g/mol. The van der Waals surface area contributed by atoms with Crippen LogP contribution < -0.4 is 5.32 Å². The molecule has 1 aliphatic rings. The number of carboxylic acids is 1. The van der Waals surface area contributed by atoms with E-state index in [1.54, 1.807) is 0 Å². The minimum Gasteiger partial charge on any atom is -0.480 e. The lowest BCUT2D eigenvalue weighted by Crippen LogP contribution is -2.57. The molecule has 3 N–H and O–H groups in total. The van der Waals surface area contributed by atoms with Gasteiger partial charge in [-0.2, -0.15) is 5.10 Å². The third kappa shape index (κ3) is 2.67. The van der Waals surface area contributed by atoms with Gasteiger partial charge in [-0.05, 0) is 6.07 Å². The molecule has 1 aromatic heterocycles. The highest BCUT2D eigenvalue weighted by molar-refractivity contribution is 6.06. The largest absolute Gasteiger partial charge is 0.480 e. The predicted octanol–water partition coefficient (Wildman–Crippen LogP) is 0.835. The van der Waals surface area contributed by atoms with Crippen LogP contribution in [0.25, 0.3) is 10.9 Å². The number of fused-ring (bicyclic) bond motifs is 1. The maximum absolute atomic E-state index is 12.5. The molecule has 2 aromatic rings. The first-order chi connectivity index (χ1) is 11.4. The molecule has 3 rings (SSSR count). The van der Waals surface area contributed by atoms with Crippen molar-refractivity contribution >= 4 is 28.5 Å². The Balaban J connectivity index is 1.94. The predicted molar refractivity (Wildman–Crippen MR) is 80.6 cm³/mol. The van der Waals surface area contributed by atoms with E-state index in [0.717, 1.165) is 0 Å². The fraction of sp³-hybridized carbons (Fsp3) is 0.357. The number of carbonyl (C=O) groups excluding carboxylic acids is 1. The van der Waals surface area contributed by atoms with Crippen LogP contribution in [0.1, 0.15) is 23.3 Å². The second-order valence-electron chi connectivity index (χ2n) is 5.51. The van der Waals surface area contributed by atoms with Crippen molar-refractivity contribution in [1.82, 2.24) is 15.5 Å². The molecule has 126 valence electrons. The van der Waals surface area contributed by atoms with E-state index >= 15 is 0 Å². The zero-order valence-electron chi connectivity index (χ0n) is 12.4. The van der Waals surface area contributed by atoms with E-state index in [1.165, 1.54) is 18.2 Å². The molecule has 10 nitrogen and oxygen atoms in total. The zero-order valence-corrected chi connectivity index (χ0v) is 12.4. The standard InChI is InChI=1S/C14H14N4O6/c19-12(15-14(13(20)21)3-5-24-6-4-14)11-9-7-8(18(22)23)1-2-10(9)16-17-11/h1-2,7H,3-6H2,(H,15,19)(H,16,17)(H,20,21). The van der Waals surface area contributed by atoms with E-state index in [0.29, 0.717) is 5.52 Å². The number of hydrogen-bond acceptors (Lipinski definition) is 6. The average molecular weight is 334 g/mol. The highest BCUT2D eigenvalue weighted by Crippen LogP contribution is 2.25. The van der Waals surface area contributed by atoms with Crippen LogP contribution >= 0.6 is 0 Å². The number of nitrogens with one attached hydrogen (secondary N) is 2. The van der Waals surface area contributed by atoms with Gasteiger partial charge in [0.25, 0.3) is 11.6 Å².